The smallest absolute Gasteiger partial charge is 0.335 e. The first kappa shape index (κ1) is 33.4. The maximum atomic E-state index is 14.3. The van der Waals surface area contributed by atoms with Crippen molar-refractivity contribution in [3.63, 3.8) is 0 Å². The molecule has 3 heterocycles. The summed E-state index contributed by atoms with van der Waals surface area (Å²) in [7, 11) is 0. The van der Waals surface area contributed by atoms with Gasteiger partial charge in [0.1, 0.15) is 12.4 Å². The van der Waals surface area contributed by atoms with Crippen LogP contribution in [0.4, 0.5) is 11.4 Å². The Kier molecular flexibility index (Phi) is 9.16. The zero-order valence-electron chi connectivity index (χ0n) is 27.5. The van der Waals surface area contributed by atoms with E-state index in [2.05, 4.69) is 26.9 Å². The number of nitrogens with zero attached hydrogens (tertiary/aromatic N) is 6. The summed E-state index contributed by atoms with van der Waals surface area (Å²) in [6.07, 6.45) is 6.45. The number of amides is 3. The lowest BCUT2D eigenvalue weighted by molar-refractivity contribution is -0.135. The summed E-state index contributed by atoms with van der Waals surface area (Å²) in [4.78, 5) is 57.1. The lowest BCUT2D eigenvalue weighted by Gasteiger charge is -2.37. The molecule has 2 aliphatic heterocycles. The van der Waals surface area contributed by atoms with Crippen LogP contribution in [0.25, 0.3) is 11.8 Å². The Morgan fingerprint density at radius 2 is 1.75 bits per heavy atom. The first-order valence-electron chi connectivity index (χ1n) is 16.4. The fourth-order valence-corrected chi connectivity index (χ4v) is 6.96. The minimum atomic E-state index is -1.10. The molecule has 1 atom stereocenters. The molecular weight excluding hydrogens is 670 g/mol. The largest absolute Gasteiger partial charge is 0.478 e. The number of hydrogen-bond acceptors (Lipinski definition) is 7. The molecule has 1 unspecified atom stereocenters. The minimum absolute atomic E-state index is 0.0672. The molecule has 0 bridgehead atoms. The summed E-state index contributed by atoms with van der Waals surface area (Å²) in [5, 5.41) is 24.0. The van der Waals surface area contributed by atoms with E-state index in [1.54, 1.807) is 47.4 Å². The van der Waals surface area contributed by atoms with Gasteiger partial charge in [-0.15, -0.1) is 5.10 Å². The molecular formula is C38H32ClN7O5. The van der Waals surface area contributed by atoms with Crippen LogP contribution in [0.2, 0.25) is 5.02 Å². The molecule has 256 valence electrons. The lowest BCUT2D eigenvalue weighted by Crippen LogP contribution is -2.45. The van der Waals surface area contributed by atoms with E-state index in [9.17, 15) is 24.3 Å². The van der Waals surface area contributed by atoms with Crippen molar-refractivity contribution in [3.8, 4) is 5.69 Å². The van der Waals surface area contributed by atoms with Gasteiger partial charge in [0.05, 0.1) is 11.3 Å². The molecule has 0 spiro atoms. The zero-order chi connectivity index (χ0) is 35.6. The number of carbonyl (C=O) groups is 4. The number of fused-ring (bicyclic) bond motifs is 2. The average Bonchev–Trinajstić information content (AvgIpc) is 3.67. The van der Waals surface area contributed by atoms with E-state index >= 15 is 0 Å². The summed E-state index contributed by atoms with van der Waals surface area (Å²) in [5.74, 6) is -2.21. The second-order valence-corrected chi connectivity index (χ2v) is 12.8. The molecule has 0 fully saturated rings. The van der Waals surface area contributed by atoms with Crippen molar-refractivity contribution in [1.29, 1.82) is 0 Å². The number of nitrogens with one attached hydrogen (secondary N) is 1. The normalized spacial score (nSPS) is 15.3. The highest BCUT2D eigenvalue weighted by atomic mass is 35.5. The Balaban J connectivity index is 1.24. The van der Waals surface area contributed by atoms with Crippen LogP contribution < -0.4 is 10.2 Å². The van der Waals surface area contributed by atoms with Crippen molar-refractivity contribution in [2.75, 3.05) is 23.3 Å². The van der Waals surface area contributed by atoms with Gasteiger partial charge in [-0.1, -0.05) is 41.4 Å². The number of hydrogen-bond donors (Lipinski definition) is 2. The minimum Gasteiger partial charge on any atom is -0.478 e. The van der Waals surface area contributed by atoms with E-state index in [1.807, 2.05) is 19.1 Å². The van der Waals surface area contributed by atoms with Gasteiger partial charge in [0.15, 0.2) is 0 Å². The number of aryl methyl sites for hydroxylation is 2. The Morgan fingerprint density at radius 3 is 2.51 bits per heavy atom. The van der Waals surface area contributed by atoms with Gasteiger partial charge in [0.25, 0.3) is 11.8 Å². The van der Waals surface area contributed by atoms with Crippen LogP contribution in [0.3, 0.4) is 0 Å². The van der Waals surface area contributed by atoms with E-state index in [0.29, 0.717) is 51.6 Å². The number of tetrazole rings is 1. The number of aromatic nitrogens is 4. The first-order valence-corrected chi connectivity index (χ1v) is 16.7. The van der Waals surface area contributed by atoms with Gasteiger partial charge >= 0.3 is 5.97 Å². The Labute approximate surface area is 297 Å². The number of halogens is 1. The molecule has 13 heteroatoms. The van der Waals surface area contributed by atoms with Crippen LogP contribution in [-0.4, -0.2) is 67.0 Å². The molecule has 2 aliphatic rings. The van der Waals surface area contributed by atoms with Crippen LogP contribution in [0.15, 0.2) is 91.3 Å². The molecule has 0 aliphatic carbocycles. The number of carboxylic acid groups (broad SMARTS) is 1. The van der Waals surface area contributed by atoms with Gasteiger partial charge in [-0.05, 0) is 114 Å². The van der Waals surface area contributed by atoms with Crippen molar-refractivity contribution in [2.24, 2.45) is 0 Å². The van der Waals surface area contributed by atoms with Crippen molar-refractivity contribution in [3.05, 3.63) is 135 Å². The highest BCUT2D eigenvalue weighted by molar-refractivity contribution is 6.30. The fourth-order valence-electron chi connectivity index (χ4n) is 6.77. The van der Waals surface area contributed by atoms with E-state index < -0.39 is 23.8 Å². The van der Waals surface area contributed by atoms with Gasteiger partial charge in [-0.3, -0.25) is 14.4 Å². The maximum Gasteiger partial charge on any atom is 0.335 e. The second-order valence-electron chi connectivity index (χ2n) is 12.4. The van der Waals surface area contributed by atoms with Gasteiger partial charge in [0.2, 0.25) is 5.91 Å². The van der Waals surface area contributed by atoms with Gasteiger partial charge in [0, 0.05) is 46.7 Å². The molecule has 1 aromatic heterocycles. The summed E-state index contributed by atoms with van der Waals surface area (Å²) >= 11 is 6.29. The van der Waals surface area contributed by atoms with Crippen molar-refractivity contribution in [2.45, 2.75) is 32.2 Å². The van der Waals surface area contributed by atoms with Gasteiger partial charge in [-0.2, -0.15) is 4.68 Å². The third-order valence-electron chi connectivity index (χ3n) is 9.17. The van der Waals surface area contributed by atoms with E-state index in [4.69, 9.17) is 11.6 Å². The summed E-state index contributed by atoms with van der Waals surface area (Å²) < 4.78 is 1.45. The zero-order valence-corrected chi connectivity index (χ0v) is 28.2. The first-order chi connectivity index (χ1) is 24.7. The third-order valence-corrected chi connectivity index (χ3v) is 9.41. The second kappa shape index (κ2) is 14.0. The van der Waals surface area contributed by atoms with Gasteiger partial charge in [-0.25, -0.2) is 4.79 Å². The lowest BCUT2D eigenvalue weighted by atomic mass is 9.87. The standard InChI is InChI=1S/C38H32ClN7O5/c1-23-7-14-32-25(20-23)4-3-18-44(32)37(49)31-6-2-5-30-29(31)17-19-45(35(30)36(48)41-28-12-8-24(9-13-28)38(50)51)34(47)16-10-26-21-27(39)11-15-33(26)46-22-40-42-43-46/h2,5-16,20-22,35H,3-4,17-19H2,1H3,(H,41,48)(H,50,51)/b16-10+. The Bertz CT molecular complexity index is 2200. The molecule has 5 aromatic rings. The maximum absolute atomic E-state index is 14.3. The number of aromatic carboxylic acids is 1. The van der Waals surface area contributed by atoms with Crippen molar-refractivity contribution < 1.29 is 24.3 Å². The van der Waals surface area contributed by atoms with Crippen LogP contribution in [0.1, 0.15) is 61.0 Å². The molecule has 2 N–H and O–H groups in total. The molecule has 12 nitrogen and oxygen atoms in total. The summed E-state index contributed by atoms with van der Waals surface area (Å²) in [5.41, 5.74) is 6.45. The summed E-state index contributed by atoms with van der Waals surface area (Å²) in [6, 6.07) is 21.1. The van der Waals surface area contributed by atoms with Crippen molar-refractivity contribution >= 4 is 52.7 Å². The Hall–Kier alpha value is -6.14. The molecule has 4 aromatic carbocycles. The van der Waals surface area contributed by atoms with Crippen LogP contribution in [-0.2, 0) is 22.4 Å². The molecule has 51 heavy (non-hydrogen) atoms. The third kappa shape index (κ3) is 6.73. The molecule has 0 saturated carbocycles. The monoisotopic (exact) mass is 701 g/mol. The van der Waals surface area contributed by atoms with Crippen molar-refractivity contribution in [1.82, 2.24) is 25.1 Å². The van der Waals surface area contributed by atoms with E-state index in [0.717, 1.165) is 29.7 Å². The number of anilines is 2. The number of carbonyl (C=O) groups excluding carboxylic acids is 3. The van der Waals surface area contributed by atoms with Crippen LogP contribution in [0, 0.1) is 6.92 Å². The topological polar surface area (TPSA) is 151 Å². The quantitative estimate of drug-likeness (QED) is 0.206. The summed E-state index contributed by atoms with van der Waals surface area (Å²) in [6.45, 7) is 2.76. The van der Waals surface area contributed by atoms with E-state index in [-0.39, 0.29) is 18.0 Å². The van der Waals surface area contributed by atoms with Gasteiger partial charge < -0.3 is 20.2 Å². The highest BCUT2D eigenvalue weighted by Crippen LogP contribution is 2.36. The van der Waals surface area contributed by atoms with E-state index in [1.165, 1.54) is 46.3 Å². The number of carboxylic acids is 1. The van der Waals surface area contributed by atoms with Crippen LogP contribution in [0.5, 0.6) is 0 Å². The van der Waals surface area contributed by atoms with Crippen LogP contribution >= 0.6 is 11.6 Å². The number of rotatable bonds is 7. The fraction of sp³-hybridized carbons (Fsp3) is 0.184. The predicted octanol–water partition coefficient (Wildman–Crippen LogP) is 5.69. The molecule has 7 rings (SSSR count). The average molecular weight is 702 g/mol. The predicted molar refractivity (Wildman–Crippen MR) is 191 cm³/mol. The number of benzene rings is 4. The SMILES string of the molecule is Cc1ccc2c(c1)CCCN2C(=O)c1cccc2c1CCN(C(=O)/C=C/c1cc(Cl)ccc1-n1cnnn1)C2C(=O)Nc1ccc(C(=O)O)cc1. The highest BCUT2D eigenvalue weighted by Gasteiger charge is 2.38. The molecule has 3 amide bonds. The Morgan fingerprint density at radius 1 is 0.941 bits per heavy atom. The molecule has 0 radical (unpaired) electrons. The molecule has 0 saturated heterocycles.